The Balaban J connectivity index is 1.53. The van der Waals surface area contributed by atoms with Gasteiger partial charge >= 0.3 is 0 Å². The maximum Gasteiger partial charge on any atom is 0.228 e. The Hall–Kier alpha value is -3.03. The second-order valence-electron chi connectivity index (χ2n) is 7.67. The predicted octanol–water partition coefficient (Wildman–Crippen LogP) is 1.67. The minimum atomic E-state index is 0.0946. The minimum absolute atomic E-state index is 0.0946. The van der Waals surface area contributed by atoms with Gasteiger partial charge in [-0.2, -0.15) is 0 Å². The summed E-state index contributed by atoms with van der Waals surface area (Å²) in [7, 11) is 3.81. The average Bonchev–Trinajstić information content (AvgIpc) is 3.11. The van der Waals surface area contributed by atoms with E-state index in [9.17, 15) is 4.79 Å². The highest BCUT2D eigenvalue weighted by molar-refractivity contribution is 5.85. The first-order valence-corrected chi connectivity index (χ1v) is 9.54. The molecule has 1 aliphatic heterocycles. The van der Waals surface area contributed by atoms with Gasteiger partial charge in [-0.25, -0.2) is 19.9 Å². The number of anilines is 1. The van der Waals surface area contributed by atoms with Crippen molar-refractivity contribution in [3.8, 4) is 0 Å². The van der Waals surface area contributed by atoms with Crippen LogP contribution < -0.4 is 4.90 Å². The zero-order chi connectivity index (χ0) is 19.7. The van der Waals surface area contributed by atoms with Crippen molar-refractivity contribution in [3.63, 3.8) is 0 Å². The number of fused-ring (bicyclic) bond motifs is 1. The number of carbonyl (C=O) groups excluding carboxylic acids is 1. The first kappa shape index (κ1) is 18.3. The molecule has 2 atom stereocenters. The zero-order valence-electron chi connectivity index (χ0n) is 16.5. The lowest BCUT2D eigenvalue weighted by Gasteiger charge is -2.41. The van der Waals surface area contributed by atoms with Crippen molar-refractivity contribution >= 4 is 22.8 Å². The van der Waals surface area contributed by atoms with Crippen molar-refractivity contribution < 1.29 is 4.79 Å². The van der Waals surface area contributed by atoms with Crippen molar-refractivity contribution in [2.45, 2.75) is 25.8 Å². The molecule has 1 fully saturated rings. The van der Waals surface area contributed by atoms with E-state index in [1.807, 2.05) is 35.8 Å². The summed E-state index contributed by atoms with van der Waals surface area (Å²) in [5.41, 5.74) is 3.28. The van der Waals surface area contributed by atoms with E-state index in [0.717, 1.165) is 36.4 Å². The fourth-order valence-corrected chi connectivity index (χ4v) is 3.96. The molecular formula is C20H25N7O. The van der Waals surface area contributed by atoms with Gasteiger partial charge in [0.25, 0.3) is 0 Å². The van der Waals surface area contributed by atoms with Gasteiger partial charge in [-0.15, -0.1) is 0 Å². The molecule has 8 nitrogen and oxygen atoms in total. The Morgan fingerprint density at radius 3 is 2.75 bits per heavy atom. The molecular weight excluding hydrogens is 354 g/mol. The third kappa shape index (κ3) is 3.67. The number of pyridine rings is 1. The first-order chi connectivity index (χ1) is 13.5. The molecule has 1 saturated heterocycles. The minimum Gasteiger partial charge on any atom is -0.367 e. The normalized spacial score (nSPS) is 19.8. The van der Waals surface area contributed by atoms with Crippen LogP contribution in [0.2, 0.25) is 0 Å². The van der Waals surface area contributed by atoms with Gasteiger partial charge in [0, 0.05) is 58.0 Å². The van der Waals surface area contributed by atoms with Crippen LogP contribution in [0.1, 0.15) is 19.0 Å². The number of amides is 1. The molecule has 0 radical (unpaired) electrons. The number of piperidine rings is 1. The zero-order valence-corrected chi connectivity index (χ0v) is 16.5. The molecule has 0 aliphatic carbocycles. The summed E-state index contributed by atoms with van der Waals surface area (Å²) < 4.78 is 1.86. The van der Waals surface area contributed by atoms with Crippen LogP contribution in [-0.2, 0) is 18.3 Å². The first-order valence-electron chi connectivity index (χ1n) is 9.54. The summed E-state index contributed by atoms with van der Waals surface area (Å²) >= 11 is 0. The van der Waals surface area contributed by atoms with E-state index >= 15 is 0 Å². The highest BCUT2D eigenvalue weighted by Crippen LogP contribution is 2.29. The van der Waals surface area contributed by atoms with Crippen LogP contribution in [-0.4, -0.2) is 61.5 Å². The molecule has 1 aliphatic rings. The molecule has 3 aromatic rings. The number of likely N-dealkylation sites (N-methyl/N-ethyl adjacent to an activating group) is 1. The summed E-state index contributed by atoms with van der Waals surface area (Å²) in [6, 6.07) is 2.13. The monoisotopic (exact) mass is 379 g/mol. The summed E-state index contributed by atoms with van der Waals surface area (Å²) in [6.45, 7) is 3.92. The Morgan fingerprint density at radius 2 is 1.96 bits per heavy atom. The van der Waals surface area contributed by atoms with Crippen molar-refractivity contribution in [1.29, 1.82) is 0 Å². The Labute approximate surface area is 164 Å². The molecule has 4 rings (SSSR count). The number of hydrogen-bond acceptors (Lipinski definition) is 6. The average molecular weight is 379 g/mol. The number of aromatic nitrogens is 5. The number of rotatable bonds is 4. The van der Waals surface area contributed by atoms with E-state index in [1.54, 1.807) is 24.9 Å². The lowest BCUT2D eigenvalue weighted by Crippen LogP contribution is -2.51. The smallest absolute Gasteiger partial charge is 0.228 e. The Morgan fingerprint density at radius 1 is 1.18 bits per heavy atom. The SMILES string of the molecule is C[C@H]1C[C@@H](N(C)C(=O)Cc2cn(C)cn2)CN(c2ccnc3nccnc23)C1. The standard InChI is InChI=1S/C20H25N7O/c1-14-8-16(26(3)18(28)9-15-11-25(2)13-24-15)12-27(10-14)17-4-5-22-20-19(17)21-6-7-23-20/h4-7,11,13-14,16H,8-10,12H2,1-3H3/t14-,16+/m0/s1. The van der Waals surface area contributed by atoms with Gasteiger partial charge in [0.1, 0.15) is 5.52 Å². The molecule has 1 amide bonds. The van der Waals surface area contributed by atoms with Gasteiger partial charge in [-0.05, 0) is 18.4 Å². The van der Waals surface area contributed by atoms with E-state index in [0.29, 0.717) is 18.0 Å². The molecule has 0 spiro atoms. The van der Waals surface area contributed by atoms with E-state index in [4.69, 9.17) is 0 Å². The van der Waals surface area contributed by atoms with Gasteiger partial charge in [0.15, 0.2) is 5.65 Å². The van der Waals surface area contributed by atoms with Crippen LogP contribution in [0.25, 0.3) is 11.2 Å². The number of carbonyl (C=O) groups is 1. The van der Waals surface area contributed by atoms with Crippen LogP contribution in [0, 0.1) is 5.92 Å². The maximum atomic E-state index is 12.8. The maximum absolute atomic E-state index is 12.8. The van der Waals surface area contributed by atoms with Gasteiger partial charge in [0.2, 0.25) is 5.91 Å². The molecule has 146 valence electrons. The molecule has 0 bridgehead atoms. The van der Waals surface area contributed by atoms with Gasteiger partial charge < -0.3 is 14.4 Å². The van der Waals surface area contributed by atoms with Gasteiger partial charge in [0.05, 0.1) is 24.1 Å². The summed E-state index contributed by atoms with van der Waals surface area (Å²) in [6.07, 6.45) is 10.1. The van der Waals surface area contributed by atoms with E-state index in [2.05, 4.69) is 31.8 Å². The van der Waals surface area contributed by atoms with Crippen LogP contribution in [0.4, 0.5) is 5.69 Å². The molecule has 0 aromatic carbocycles. The van der Waals surface area contributed by atoms with E-state index in [1.165, 1.54) is 0 Å². The summed E-state index contributed by atoms with van der Waals surface area (Å²) in [5, 5.41) is 0. The fourth-order valence-electron chi connectivity index (χ4n) is 3.96. The summed E-state index contributed by atoms with van der Waals surface area (Å²) in [5.74, 6) is 0.556. The quantitative estimate of drug-likeness (QED) is 0.686. The topological polar surface area (TPSA) is 80.0 Å². The highest BCUT2D eigenvalue weighted by Gasteiger charge is 2.31. The number of hydrogen-bond donors (Lipinski definition) is 0. The second-order valence-corrected chi connectivity index (χ2v) is 7.67. The fraction of sp³-hybridized carbons (Fsp3) is 0.450. The Kier molecular flexibility index (Phi) is 4.93. The summed E-state index contributed by atoms with van der Waals surface area (Å²) in [4.78, 5) is 34.4. The van der Waals surface area contributed by atoms with Gasteiger partial charge in [-0.1, -0.05) is 6.92 Å². The lowest BCUT2D eigenvalue weighted by atomic mass is 9.94. The molecule has 0 saturated carbocycles. The number of imidazole rings is 1. The molecule has 0 N–H and O–H groups in total. The van der Waals surface area contributed by atoms with Crippen LogP contribution in [0.3, 0.4) is 0 Å². The van der Waals surface area contributed by atoms with E-state index < -0.39 is 0 Å². The number of nitrogens with zero attached hydrogens (tertiary/aromatic N) is 7. The van der Waals surface area contributed by atoms with Crippen molar-refractivity contribution in [1.82, 2.24) is 29.4 Å². The van der Waals surface area contributed by atoms with Crippen LogP contribution in [0.5, 0.6) is 0 Å². The third-order valence-electron chi connectivity index (χ3n) is 5.36. The molecule has 8 heteroatoms. The molecule has 4 heterocycles. The highest BCUT2D eigenvalue weighted by atomic mass is 16.2. The van der Waals surface area contributed by atoms with Crippen molar-refractivity contribution in [2.75, 3.05) is 25.0 Å². The van der Waals surface area contributed by atoms with Crippen molar-refractivity contribution in [3.05, 3.63) is 42.9 Å². The largest absolute Gasteiger partial charge is 0.367 e. The molecule has 28 heavy (non-hydrogen) atoms. The second kappa shape index (κ2) is 7.53. The third-order valence-corrected chi connectivity index (χ3v) is 5.36. The van der Waals surface area contributed by atoms with Crippen LogP contribution in [0.15, 0.2) is 37.2 Å². The lowest BCUT2D eigenvalue weighted by molar-refractivity contribution is -0.131. The van der Waals surface area contributed by atoms with Crippen LogP contribution >= 0.6 is 0 Å². The van der Waals surface area contributed by atoms with Gasteiger partial charge in [-0.3, -0.25) is 4.79 Å². The predicted molar refractivity (Wildman–Crippen MR) is 107 cm³/mol. The molecule has 0 unspecified atom stereocenters. The Bertz CT molecular complexity index is 980. The number of aryl methyl sites for hydroxylation is 1. The molecule has 3 aromatic heterocycles. The van der Waals surface area contributed by atoms with E-state index in [-0.39, 0.29) is 11.9 Å². The van der Waals surface area contributed by atoms with Crippen molar-refractivity contribution in [2.24, 2.45) is 13.0 Å².